The van der Waals surface area contributed by atoms with Crippen molar-refractivity contribution in [2.45, 2.75) is 0 Å². The Bertz CT molecular complexity index is 490. The molecule has 0 radical (unpaired) electrons. The number of nitrogens with zero attached hydrogens (tertiary/aromatic N) is 1. The predicted molar refractivity (Wildman–Crippen MR) is 50.9 cm³/mol. The predicted octanol–water partition coefficient (Wildman–Crippen LogP) is 1.91. The van der Waals surface area contributed by atoms with Crippen LogP contribution in [0, 0.1) is 5.82 Å². The van der Waals surface area contributed by atoms with Gasteiger partial charge in [-0.1, -0.05) is 0 Å². The molecular formula is C10H7FN2O2. The van der Waals surface area contributed by atoms with Crippen molar-refractivity contribution in [1.29, 1.82) is 0 Å². The highest BCUT2D eigenvalue weighted by Crippen LogP contribution is 2.20. The zero-order valence-corrected chi connectivity index (χ0v) is 7.57. The van der Waals surface area contributed by atoms with Crippen molar-refractivity contribution in [3.63, 3.8) is 0 Å². The van der Waals surface area contributed by atoms with Gasteiger partial charge in [-0.3, -0.25) is 0 Å². The first-order chi connectivity index (χ1) is 7.18. The summed E-state index contributed by atoms with van der Waals surface area (Å²) in [6.45, 7) is 0. The molecule has 0 spiro atoms. The lowest BCUT2D eigenvalue weighted by molar-refractivity contribution is 0.0692. The van der Waals surface area contributed by atoms with Crippen LogP contribution in [-0.4, -0.2) is 21.0 Å². The molecule has 0 saturated heterocycles. The number of aromatic carboxylic acids is 1. The van der Waals surface area contributed by atoms with Crippen LogP contribution in [-0.2, 0) is 0 Å². The monoisotopic (exact) mass is 206 g/mol. The van der Waals surface area contributed by atoms with Crippen molar-refractivity contribution in [2.24, 2.45) is 0 Å². The van der Waals surface area contributed by atoms with E-state index in [9.17, 15) is 9.18 Å². The van der Waals surface area contributed by atoms with Gasteiger partial charge in [-0.2, -0.15) is 0 Å². The van der Waals surface area contributed by atoms with E-state index in [1.807, 2.05) is 0 Å². The number of benzene rings is 1. The van der Waals surface area contributed by atoms with Gasteiger partial charge in [0, 0.05) is 5.56 Å². The Kier molecular flexibility index (Phi) is 2.21. The van der Waals surface area contributed by atoms with Crippen molar-refractivity contribution in [1.82, 2.24) is 9.97 Å². The number of imidazole rings is 1. The van der Waals surface area contributed by atoms with Crippen molar-refractivity contribution >= 4 is 5.97 Å². The van der Waals surface area contributed by atoms with E-state index < -0.39 is 5.97 Å². The first kappa shape index (κ1) is 9.39. The van der Waals surface area contributed by atoms with Gasteiger partial charge in [-0.25, -0.2) is 14.2 Å². The Hall–Kier alpha value is -2.17. The quantitative estimate of drug-likeness (QED) is 0.788. The van der Waals surface area contributed by atoms with Gasteiger partial charge in [0.1, 0.15) is 11.5 Å². The van der Waals surface area contributed by atoms with E-state index in [4.69, 9.17) is 5.11 Å². The lowest BCUT2D eigenvalue weighted by Crippen LogP contribution is -1.99. The molecule has 0 amide bonds. The zero-order valence-electron chi connectivity index (χ0n) is 7.57. The molecule has 1 aromatic carbocycles. The third kappa shape index (κ3) is 1.71. The molecule has 0 aliphatic carbocycles. The normalized spacial score (nSPS) is 10.2. The lowest BCUT2D eigenvalue weighted by Gasteiger charge is -1.98. The average molecular weight is 206 g/mol. The molecule has 0 bridgehead atoms. The van der Waals surface area contributed by atoms with Gasteiger partial charge in [0.25, 0.3) is 0 Å². The molecule has 15 heavy (non-hydrogen) atoms. The molecule has 0 aliphatic heterocycles. The number of aromatic nitrogens is 2. The van der Waals surface area contributed by atoms with Crippen molar-refractivity contribution in [3.05, 3.63) is 42.1 Å². The number of carbonyl (C=O) groups is 1. The molecule has 0 fully saturated rings. The standard InChI is InChI=1S/C10H7FN2O2/c11-7-3-1-6(2-4-7)8-9(10(14)15)13-5-12-8/h1-5H,(H,12,13)(H,14,15). The fourth-order valence-corrected chi connectivity index (χ4v) is 1.28. The molecule has 1 heterocycles. The molecule has 0 saturated carbocycles. The smallest absolute Gasteiger partial charge is 0.354 e. The number of hydrogen-bond donors (Lipinski definition) is 2. The second-order valence-corrected chi connectivity index (χ2v) is 2.94. The summed E-state index contributed by atoms with van der Waals surface area (Å²) < 4.78 is 12.6. The molecule has 4 nitrogen and oxygen atoms in total. The Morgan fingerprint density at radius 1 is 1.33 bits per heavy atom. The van der Waals surface area contributed by atoms with Crippen LogP contribution in [0.25, 0.3) is 11.3 Å². The number of rotatable bonds is 2. The number of carboxylic acids is 1. The molecule has 0 aliphatic rings. The Morgan fingerprint density at radius 3 is 2.60 bits per heavy atom. The maximum absolute atomic E-state index is 12.6. The topological polar surface area (TPSA) is 66.0 Å². The van der Waals surface area contributed by atoms with E-state index in [0.717, 1.165) is 0 Å². The maximum atomic E-state index is 12.6. The van der Waals surface area contributed by atoms with E-state index in [0.29, 0.717) is 11.3 Å². The fourth-order valence-electron chi connectivity index (χ4n) is 1.28. The van der Waals surface area contributed by atoms with Gasteiger partial charge in [-0.05, 0) is 24.3 Å². The number of hydrogen-bond acceptors (Lipinski definition) is 2. The lowest BCUT2D eigenvalue weighted by atomic mass is 10.1. The molecule has 2 rings (SSSR count). The summed E-state index contributed by atoms with van der Waals surface area (Å²) in [5.74, 6) is -1.46. The van der Waals surface area contributed by atoms with Gasteiger partial charge < -0.3 is 10.1 Å². The summed E-state index contributed by atoms with van der Waals surface area (Å²) >= 11 is 0. The Balaban J connectivity index is 2.49. The van der Waals surface area contributed by atoms with Crippen LogP contribution in [0.1, 0.15) is 10.5 Å². The second kappa shape index (κ2) is 3.53. The van der Waals surface area contributed by atoms with E-state index in [2.05, 4.69) is 9.97 Å². The first-order valence-corrected chi connectivity index (χ1v) is 4.21. The molecule has 5 heteroatoms. The molecule has 0 atom stereocenters. The van der Waals surface area contributed by atoms with Crippen LogP contribution in [0.5, 0.6) is 0 Å². The molecule has 2 aromatic rings. The first-order valence-electron chi connectivity index (χ1n) is 4.21. The van der Waals surface area contributed by atoms with E-state index >= 15 is 0 Å². The number of carboxylic acid groups (broad SMARTS) is 1. The number of halogens is 1. The van der Waals surface area contributed by atoms with E-state index in [1.165, 1.54) is 30.6 Å². The maximum Gasteiger partial charge on any atom is 0.354 e. The minimum absolute atomic E-state index is 0.00149. The number of aromatic amines is 1. The highest BCUT2D eigenvalue weighted by Gasteiger charge is 2.13. The number of nitrogens with one attached hydrogen (secondary N) is 1. The molecule has 76 valence electrons. The van der Waals surface area contributed by atoms with Crippen molar-refractivity contribution < 1.29 is 14.3 Å². The molecule has 2 N–H and O–H groups in total. The van der Waals surface area contributed by atoms with Crippen LogP contribution in [0.15, 0.2) is 30.6 Å². The van der Waals surface area contributed by atoms with Gasteiger partial charge >= 0.3 is 5.97 Å². The third-order valence-corrected chi connectivity index (χ3v) is 1.97. The molecule has 1 aromatic heterocycles. The summed E-state index contributed by atoms with van der Waals surface area (Å²) in [5.41, 5.74) is 0.874. The van der Waals surface area contributed by atoms with E-state index in [-0.39, 0.29) is 11.5 Å². The fraction of sp³-hybridized carbons (Fsp3) is 0. The van der Waals surface area contributed by atoms with Crippen molar-refractivity contribution in [2.75, 3.05) is 0 Å². The minimum atomic E-state index is -1.09. The second-order valence-electron chi connectivity index (χ2n) is 2.94. The van der Waals surface area contributed by atoms with Gasteiger partial charge in [-0.15, -0.1) is 0 Å². The molecule has 0 unspecified atom stereocenters. The summed E-state index contributed by atoms with van der Waals surface area (Å²) in [5, 5.41) is 8.83. The van der Waals surface area contributed by atoms with Gasteiger partial charge in [0.2, 0.25) is 0 Å². The minimum Gasteiger partial charge on any atom is -0.477 e. The van der Waals surface area contributed by atoms with Crippen LogP contribution in [0.2, 0.25) is 0 Å². The Labute approximate surface area is 84.4 Å². The summed E-state index contributed by atoms with van der Waals surface area (Å²) in [7, 11) is 0. The van der Waals surface area contributed by atoms with Gasteiger partial charge in [0.05, 0.1) is 6.33 Å². The van der Waals surface area contributed by atoms with Crippen molar-refractivity contribution in [3.8, 4) is 11.3 Å². The average Bonchev–Trinajstić information content (AvgIpc) is 2.67. The Morgan fingerprint density at radius 2 is 2.00 bits per heavy atom. The highest BCUT2D eigenvalue weighted by atomic mass is 19.1. The third-order valence-electron chi connectivity index (χ3n) is 1.97. The molecular weight excluding hydrogens is 199 g/mol. The summed E-state index contributed by atoms with van der Waals surface area (Å²) in [6.07, 6.45) is 1.29. The summed E-state index contributed by atoms with van der Waals surface area (Å²) in [6, 6.07) is 5.49. The van der Waals surface area contributed by atoms with Crippen LogP contribution in [0.3, 0.4) is 0 Å². The van der Waals surface area contributed by atoms with E-state index in [1.54, 1.807) is 0 Å². The van der Waals surface area contributed by atoms with Crippen LogP contribution < -0.4 is 0 Å². The number of H-pyrrole nitrogens is 1. The largest absolute Gasteiger partial charge is 0.477 e. The SMILES string of the molecule is O=C(O)c1[nH]cnc1-c1ccc(F)cc1. The van der Waals surface area contributed by atoms with Crippen LogP contribution in [0.4, 0.5) is 4.39 Å². The zero-order chi connectivity index (χ0) is 10.8. The summed E-state index contributed by atoms with van der Waals surface area (Å²) in [4.78, 5) is 17.2. The highest BCUT2D eigenvalue weighted by molar-refractivity contribution is 5.92. The van der Waals surface area contributed by atoms with Crippen LogP contribution >= 0.6 is 0 Å². The van der Waals surface area contributed by atoms with Gasteiger partial charge in [0.15, 0.2) is 5.69 Å².